The Labute approximate surface area is 183 Å². The molecule has 0 unspecified atom stereocenters. The van der Waals surface area contributed by atoms with E-state index >= 15 is 0 Å². The number of sulfonamides is 1. The zero-order valence-corrected chi connectivity index (χ0v) is 19.2. The first-order valence-corrected chi connectivity index (χ1v) is 12.0. The number of benzene rings is 1. The normalized spacial score (nSPS) is 12.9. The molecule has 1 atom stereocenters. The van der Waals surface area contributed by atoms with Crippen LogP contribution in [0.5, 0.6) is 5.75 Å². The van der Waals surface area contributed by atoms with Gasteiger partial charge in [-0.2, -0.15) is 0 Å². The number of pyridine rings is 1. The Morgan fingerprint density at radius 3 is 2.63 bits per heavy atom. The van der Waals surface area contributed by atoms with Gasteiger partial charge in [0.15, 0.2) is 16.3 Å². The number of fused-ring (bicyclic) bond motifs is 1. The van der Waals surface area contributed by atoms with Gasteiger partial charge in [-0.15, -0.1) is 0 Å². The number of halogens is 1. The van der Waals surface area contributed by atoms with Crippen LogP contribution < -0.4 is 15.3 Å². The lowest BCUT2D eigenvalue weighted by molar-refractivity contribution is 0.218. The number of ether oxygens (including phenoxy) is 1. The van der Waals surface area contributed by atoms with E-state index in [2.05, 4.69) is 4.98 Å². The third-order valence-electron chi connectivity index (χ3n) is 4.43. The highest BCUT2D eigenvalue weighted by Gasteiger charge is 2.23. The number of nitrogens with two attached hydrogens (primary N) is 1. The Morgan fingerprint density at radius 1 is 1.30 bits per heavy atom. The SMILES string of the molecule is CCSc1oc2c([C@@H](C)Oc3ccc(Cl)nc3S(N)(=O)=O)cc(C)cc2c(=O)c1C. The summed E-state index contributed by atoms with van der Waals surface area (Å²) in [4.78, 5) is 16.7. The fraction of sp³-hybridized carbons (Fsp3) is 0.300. The fourth-order valence-corrected chi connectivity index (χ4v) is 4.60. The first-order valence-electron chi connectivity index (χ1n) is 9.09. The Balaban J connectivity index is 2.17. The Morgan fingerprint density at radius 2 is 2.00 bits per heavy atom. The van der Waals surface area contributed by atoms with E-state index in [0.29, 0.717) is 27.2 Å². The van der Waals surface area contributed by atoms with Crippen LogP contribution in [-0.2, 0) is 10.0 Å². The first-order chi connectivity index (χ1) is 14.0. The second-order valence-electron chi connectivity index (χ2n) is 6.75. The van der Waals surface area contributed by atoms with E-state index in [1.807, 2.05) is 19.9 Å². The molecule has 0 amide bonds. The van der Waals surface area contributed by atoms with Crippen molar-refractivity contribution in [3.8, 4) is 5.75 Å². The van der Waals surface area contributed by atoms with Crippen LogP contribution in [0, 0.1) is 13.8 Å². The van der Waals surface area contributed by atoms with Crippen LogP contribution in [-0.4, -0.2) is 19.2 Å². The lowest BCUT2D eigenvalue weighted by Crippen LogP contribution is -2.17. The predicted octanol–water partition coefficient (Wildman–Crippen LogP) is 4.36. The largest absolute Gasteiger partial charge is 0.483 e. The van der Waals surface area contributed by atoms with Crippen molar-refractivity contribution in [2.24, 2.45) is 5.14 Å². The lowest BCUT2D eigenvalue weighted by atomic mass is 10.0. The van der Waals surface area contributed by atoms with Crippen molar-refractivity contribution < 1.29 is 17.6 Å². The quantitative estimate of drug-likeness (QED) is 0.422. The maximum Gasteiger partial charge on any atom is 0.259 e. The van der Waals surface area contributed by atoms with Gasteiger partial charge in [0.25, 0.3) is 10.0 Å². The standard InChI is InChI=1S/C20H21ClN2O5S2/c1-5-29-20-11(3)17(24)14-9-10(2)8-13(18(14)28-20)12(4)27-15-6-7-16(21)23-19(15)30(22,25)26/h6-9,12H,5H2,1-4H3,(H2,22,25,26)/t12-/m1/s1. The van der Waals surface area contributed by atoms with E-state index in [0.717, 1.165) is 11.3 Å². The van der Waals surface area contributed by atoms with Gasteiger partial charge in [0.1, 0.15) is 16.8 Å². The number of primary sulfonamides is 1. The molecule has 3 rings (SSSR count). The van der Waals surface area contributed by atoms with Crippen molar-refractivity contribution in [3.63, 3.8) is 0 Å². The van der Waals surface area contributed by atoms with E-state index in [1.165, 1.54) is 23.9 Å². The molecular formula is C20H21ClN2O5S2. The molecule has 0 fully saturated rings. The molecule has 2 aromatic heterocycles. The molecule has 0 aliphatic heterocycles. The van der Waals surface area contributed by atoms with E-state index in [-0.39, 0.29) is 16.3 Å². The van der Waals surface area contributed by atoms with Crippen LogP contribution >= 0.6 is 23.4 Å². The van der Waals surface area contributed by atoms with Gasteiger partial charge in [-0.25, -0.2) is 18.5 Å². The van der Waals surface area contributed by atoms with Crippen molar-refractivity contribution in [3.05, 3.63) is 56.3 Å². The Kier molecular flexibility index (Phi) is 6.47. The fourth-order valence-electron chi connectivity index (χ4n) is 3.07. The molecule has 2 N–H and O–H groups in total. The molecule has 10 heteroatoms. The van der Waals surface area contributed by atoms with Crippen molar-refractivity contribution in [2.75, 3.05) is 5.75 Å². The smallest absolute Gasteiger partial charge is 0.259 e. The van der Waals surface area contributed by atoms with Gasteiger partial charge in [0, 0.05) is 11.1 Å². The summed E-state index contributed by atoms with van der Waals surface area (Å²) >= 11 is 7.25. The second-order valence-corrected chi connectivity index (χ2v) is 9.85. The minimum absolute atomic E-state index is 0.0252. The van der Waals surface area contributed by atoms with Gasteiger partial charge in [-0.1, -0.05) is 30.3 Å². The average molecular weight is 469 g/mol. The van der Waals surface area contributed by atoms with Crippen LogP contribution in [0.4, 0.5) is 0 Å². The second kappa shape index (κ2) is 8.58. The summed E-state index contributed by atoms with van der Waals surface area (Å²) in [5.74, 6) is 0.707. The van der Waals surface area contributed by atoms with Gasteiger partial charge in [0.2, 0.25) is 5.03 Å². The zero-order valence-electron chi connectivity index (χ0n) is 16.9. The summed E-state index contributed by atoms with van der Waals surface area (Å²) in [7, 11) is -4.16. The average Bonchev–Trinajstić information content (AvgIpc) is 2.66. The molecule has 160 valence electrons. The number of hydrogen-bond donors (Lipinski definition) is 1. The third kappa shape index (κ3) is 4.49. The summed E-state index contributed by atoms with van der Waals surface area (Å²) in [6.07, 6.45) is -0.666. The maximum atomic E-state index is 12.9. The highest BCUT2D eigenvalue weighted by molar-refractivity contribution is 7.99. The molecule has 0 aliphatic carbocycles. The van der Waals surface area contributed by atoms with Crippen molar-refractivity contribution in [2.45, 2.75) is 43.9 Å². The molecule has 0 saturated carbocycles. The van der Waals surface area contributed by atoms with E-state index < -0.39 is 21.2 Å². The molecule has 2 heterocycles. The number of nitrogens with zero attached hydrogens (tertiary/aromatic N) is 1. The van der Waals surface area contributed by atoms with Crippen LogP contribution in [0.15, 0.2) is 43.6 Å². The zero-order chi connectivity index (χ0) is 22.2. The Hall–Kier alpha value is -2.07. The number of thioether (sulfide) groups is 1. The molecule has 30 heavy (non-hydrogen) atoms. The highest BCUT2D eigenvalue weighted by atomic mass is 35.5. The van der Waals surface area contributed by atoms with E-state index in [4.69, 9.17) is 25.9 Å². The summed E-state index contributed by atoms with van der Waals surface area (Å²) < 4.78 is 35.8. The van der Waals surface area contributed by atoms with Crippen LogP contribution in [0.1, 0.15) is 36.6 Å². The van der Waals surface area contributed by atoms with Crippen molar-refractivity contribution in [1.82, 2.24) is 4.98 Å². The van der Waals surface area contributed by atoms with Gasteiger partial charge in [-0.05, 0) is 56.4 Å². The summed E-state index contributed by atoms with van der Waals surface area (Å²) in [6, 6.07) is 6.41. The van der Waals surface area contributed by atoms with Gasteiger partial charge in [-0.3, -0.25) is 4.79 Å². The van der Waals surface area contributed by atoms with Crippen molar-refractivity contribution in [1.29, 1.82) is 0 Å². The minimum atomic E-state index is -4.16. The number of hydrogen-bond acceptors (Lipinski definition) is 7. The number of aromatic nitrogens is 1. The monoisotopic (exact) mass is 468 g/mol. The maximum absolute atomic E-state index is 12.9. The molecule has 0 aliphatic rings. The third-order valence-corrected chi connectivity index (χ3v) is 6.41. The first kappa shape index (κ1) is 22.6. The van der Waals surface area contributed by atoms with Gasteiger partial charge >= 0.3 is 0 Å². The molecule has 0 saturated heterocycles. The Bertz CT molecular complexity index is 1290. The molecule has 1 aromatic carbocycles. The minimum Gasteiger partial charge on any atom is -0.483 e. The van der Waals surface area contributed by atoms with Crippen LogP contribution in [0.2, 0.25) is 5.15 Å². The summed E-state index contributed by atoms with van der Waals surface area (Å²) in [5, 5.41) is 5.76. The summed E-state index contributed by atoms with van der Waals surface area (Å²) in [5.41, 5.74) is 2.30. The molecule has 7 nitrogen and oxygen atoms in total. The van der Waals surface area contributed by atoms with Gasteiger partial charge in [0.05, 0.1) is 5.39 Å². The van der Waals surface area contributed by atoms with E-state index in [9.17, 15) is 13.2 Å². The molecule has 0 spiro atoms. The van der Waals surface area contributed by atoms with Crippen LogP contribution in [0.3, 0.4) is 0 Å². The summed E-state index contributed by atoms with van der Waals surface area (Å²) in [6.45, 7) is 7.29. The topological polar surface area (TPSA) is 112 Å². The predicted molar refractivity (Wildman–Crippen MR) is 118 cm³/mol. The highest BCUT2D eigenvalue weighted by Crippen LogP contribution is 2.33. The number of rotatable bonds is 6. The van der Waals surface area contributed by atoms with Gasteiger partial charge < -0.3 is 9.15 Å². The molecule has 3 aromatic rings. The molecular weight excluding hydrogens is 448 g/mol. The number of aryl methyl sites for hydroxylation is 1. The van der Waals surface area contributed by atoms with Crippen LogP contribution in [0.25, 0.3) is 11.0 Å². The van der Waals surface area contributed by atoms with E-state index in [1.54, 1.807) is 19.9 Å². The van der Waals surface area contributed by atoms with Crippen molar-refractivity contribution >= 4 is 44.4 Å². The molecule has 0 radical (unpaired) electrons. The lowest BCUT2D eigenvalue weighted by Gasteiger charge is -2.19. The molecule has 0 bridgehead atoms.